The molecule has 41 heavy (non-hydrogen) atoms. The van der Waals surface area contributed by atoms with Crippen molar-refractivity contribution in [3.05, 3.63) is 65.4 Å². The first-order chi connectivity index (χ1) is 19.6. The van der Waals surface area contributed by atoms with Crippen molar-refractivity contribution in [2.45, 2.75) is 17.9 Å². The van der Waals surface area contributed by atoms with Gasteiger partial charge in [0.25, 0.3) is 5.88 Å². The number of rotatable bonds is 11. The van der Waals surface area contributed by atoms with E-state index in [1.54, 1.807) is 19.1 Å². The van der Waals surface area contributed by atoms with E-state index in [1.165, 1.54) is 36.0 Å². The minimum absolute atomic E-state index is 0.105. The summed E-state index contributed by atoms with van der Waals surface area (Å²) in [6, 6.07) is 7.91. The molecule has 0 fully saturated rings. The summed E-state index contributed by atoms with van der Waals surface area (Å²) in [6.45, 7) is 3.08. The van der Waals surface area contributed by atoms with Gasteiger partial charge in [-0.2, -0.15) is 4.39 Å². The highest BCUT2D eigenvalue weighted by Crippen LogP contribution is 2.38. The fourth-order valence-corrected chi connectivity index (χ4v) is 4.64. The third-order valence-electron chi connectivity index (χ3n) is 5.86. The molecular weight excluding hydrogens is 558 g/mol. The SMILES string of the molecule is CCOC(=O)C(N)CSc1ccc(Oc2c(F)cnc(Oc3cc(C(=N)N)ccc3O)c2F)c(C2=NCCN2C)c1. The summed E-state index contributed by atoms with van der Waals surface area (Å²) < 4.78 is 46.4. The monoisotopic (exact) mass is 586 g/mol. The molecule has 2 aromatic carbocycles. The number of nitrogens with two attached hydrogens (primary N) is 2. The Labute approximate surface area is 238 Å². The first-order valence-corrected chi connectivity index (χ1v) is 13.4. The van der Waals surface area contributed by atoms with Gasteiger partial charge in [-0.25, -0.2) is 9.37 Å². The summed E-state index contributed by atoms with van der Waals surface area (Å²) in [5.41, 5.74) is 12.1. The number of hydrogen-bond donors (Lipinski definition) is 4. The summed E-state index contributed by atoms with van der Waals surface area (Å²) in [4.78, 5) is 22.6. The number of pyridine rings is 1. The Hall–Kier alpha value is -4.43. The Balaban J connectivity index is 1.65. The van der Waals surface area contributed by atoms with Crippen molar-refractivity contribution in [3.63, 3.8) is 0 Å². The largest absolute Gasteiger partial charge is 0.504 e. The summed E-state index contributed by atoms with van der Waals surface area (Å²) in [6.07, 6.45) is 0.722. The van der Waals surface area contributed by atoms with Gasteiger partial charge in [0, 0.05) is 29.8 Å². The van der Waals surface area contributed by atoms with Gasteiger partial charge in [-0.15, -0.1) is 11.8 Å². The predicted molar refractivity (Wildman–Crippen MR) is 149 cm³/mol. The van der Waals surface area contributed by atoms with Crippen LogP contribution in [0, 0.1) is 17.0 Å². The highest BCUT2D eigenvalue weighted by molar-refractivity contribution is 7.99. The Morgan fingerprint density at radius 2 is 2.00 bits per heavy atom. The number of nitrogens with zero attached hydrogens (tertiary/aromatic N) is 3. The van der Waals surface area contributed by atoms with Gasteiger partial charge < -0.3 is 35.7 Å². The van der Waals surface area contributed by atoms with Gasteiger partial charge in [0.1, 0.15) is 23.5 Å². The molecule has 216 valence electrons. The molecule has 4 rings (SSSR count). The number of aromatic nitrogens is 1. The number of benzene rings is 2. The molecule has 3 aromatic rings. The average molecular weight is 587 g/mol. The molecule has 14 heteroatoms. The van der Waals surface area contributed by atoms with E-state index >= 15 is 4.39 Å². The zero-order chi connectivity index (χ0) is 29.7. The van der Waals surface area contributed by atoms with Crippen molar-refractivity contribution >= 4 is 29.4 Å². The molecule has 11 nitrogen and oxygen atoms in total. The molecule has 0 saturated heterocycles. The molecule has 1 aliphatic rings. The Morgan fingerprint density at radius 1 is 1.22 bits per heavy atom. The summed E-state index contributed by atoms with van der Waals surface area (Å²) in [7, 11) is 1.83. The molecule has 1 atom stereocenters. The minimum Gasteiger partial charge on any atom is -0.504 e. The number of nitrogens with one attached hydrogen (secondary N) is 1. The van der Waals surface area contributed by atoms with E-state index in [9.17, 15) is 14.3 Å². The van der Waals surface area contributed by atoms with Crippen LogP contribution in [0.4, 0.5) is 8.78 Å². The molecule has 0 saturated carbocycles. The van der Waals surface area contributed by atoms with Crippen LogP contribution in [-0.4, -0.2) is 71.2 Å². The van der Waals surface area contributed by atoms with Crippen LogP contribution in [0.25, 0.3) is 0 Å². The van der Waals surface area contributed by atoms with E-state index in [4.69, 9.17) is 31.1 Å². The number of likely N-dealkylation sites (N-methyl/N-ethyl adjacent to an activating group) is 1. The highest BCUT2D eigenvalue weighted by Gasteiger charge is 2.25. The number of esters is 1. The molecule has 1 aliphatic heterocycles. The standard InChI is InChI=1S/C27H28F2N6O5S/c1-3-38-27(37)18(30)13-41-15-5-7-20(16(11-15)25-33-8-9-35(25)2)39-23-17(28)12-34-26(22(23)29)40-21-10-14(24(31)32)4-6-19(21)36/h4-7,10-12,18,36H,3,8-9,13,30H2,1-2H3,(H3,31,32). The second-order valence-corrected chi connectivity index (χ2v) is 9.90. The predicted octanol–water partition coefficient (Wildman–Crippen LogP) is 3.61. The maximum absolute atomic E-state index is 15.5. The fraction of sp³-hybridized carbons (Fsp3) is 0.259. The molecule has 1 aromatic heterocycles. The third kappa shape index (κ3) is 6.84. The number of phenolic OH excluding ortho intramolecular Hbond substituents is 1. The number of amidine groups is 2. The number of ether oxygens (including phenoxy) is 3. The lowest BCUT2D eigenvalue weighted by atomic mass is 10.1. The third-order valence-corrected chi connectivity index (χ3v) is 6.97. The number of nitrogen functional groups attached to an aromatic ring is 1. The van der Waals surface area contributed by atoms with Gasteiger partial charge in [-0.1, -0.05) is 0 Å². The molecule has 6 N–H and O–H groups in total. The Morgan fingerprint density at radius 3 is 2.68 bits per heavy atom. The summed E-state index contributed by atoms with van der Waals surface area (Å²) >= 11 is 1.31. The maximum Gasteiger partial charge on any atom is 0.323 e. The second-order valence-electron chi connectivity index (χ2n) is 8.81. The lowest BCUT2D eigenvalue weighted by molar-refractivity contribution is -0.144. The molecule has 2 heterocycles. The summed E-state index contributed by atoms with van der Waals surface area (Å²) in [5.74, 6) is -4.35. The first kappa shape index (κ1) is 29.6. The van der Waals surface area contributed by atoms with Gasteiger partial charge in [0.05, 0.1) is 24.9 Å². The molecule has 0 spiro atoms. The van der Waals surface area contributed by atoms with Crippen LogP contribution in [0.5, 0.6) is 28.9 Å². The number of thioether (sulfide) groups is 1. The van der Waals surface area contributed by atoms with Crippen molar-refractivity contribution in [2.24, 2.45) is 16.5 Å². The van der Waals surface area contributed by atoms with Crippen LogP contribution in [0.3, 0.4) is 0 Å². The van der Waals surface area contributed by atoms with E-state index in [-0.39, 0.29) is 41.0 Å². The fourth-order valence-electron chi connectivity index (χ4n) is 3.76. The zero-order valence-electron chi connectivity index (χ0n) is 22.2. The lowest BCUT2D eigenvalue weighted by Crippen LogP contribution is -2.34. The average Bonchev–Trinajstić information content (AvgIpc) is 3.38. The van der Waals surface area contributed by atoms with Gasteiger partial charge in [0.15, 0.2) is 17.3 Å². The zero-order valence-corrected chi connectivity index (χ0v) is 23.0. The second kappa shape index (κ2) is 12.8. The number of carbonyl (C=O) groups excluding carboxylic acids is 1. The van der Waals surface area contributed by atoms with Crippen molar-refractivity contribution in [1.82, 2.24) is 9.88 Å². The number of carbonyl (C=O) groups is 1. The molecule has 0 bridgehead atoms. The number of aromatic hydroxyl groups is 1. The smallest absolute Gasteiger partial charge is 0.323 e. The molecule has 0 radical (unpaired) electrons. The maximum atomic E-state index is 15.5. The molecule has 1 unspecified atom stereocenters. The van der Waals surface area contributed by atoms with Crippen LogP contribution < -0.4 is 20.9 Å². The van der Waals surface area contributed by atoms with E-state index in [2.05, 4.69) is 9.98 Å². The van der Waals surface area contributed by atoms with Crippen LogP contribution in [0.15, 0.2) is 52.5 Å². The van der Waals surface area contributed by atoms with Crippen LogP contribution in [-0.2, 0) is 9.53 Å². The normalized spacial score (nSPS) is 13.5. The molecule has 0 aliphatic carbocycles. The molecular formula is C27H28F2N6O5S. The van der Waals surface area contributed by atoms with E-state index in [0.717, 1.165) is 11.1 Å². The Kier molecular flexibility index (Phi) is 9.24. The lowest BCUT2D eigenvalue weighted by Gasteiger charge is -2.19. The van der Waals surface area contributed by atoms with E-state index < -0.39 is 35.3 Å². The quantitative estimate of drug-likeness (QED) is 0.113. The van der Waals surface area contributed by atoms with E-state index in [1.807, 2.05) is 11.9 Å². The van der Waals surface area contributed by atoms with E-state index in [0.29, 0.717) is 24.5 Å². The number of hydrogen-bond acceptors (Lipinski definition) is 11. The van der Waals surface area contributed by atoms with Gasteiger partial charge in [-0.05, 0) is 43.3 Å². The van der Waals surface area contributed by atoms with Crippen LogP contribution in [0.1, 0.15) is 18.1 Å². The van der Waals surface area contributed by atoms with Crippen molar-refractivity contribution in [1.29, 1.82) is 5.41 Å². The van der Waals surface area contributed by atoms with Crippen LogP contribution >= 0.6 is 11.8 Å². The van der Waals surface area contributed by atoms with Crippen molar-refractivity contribution in [2.75, 3.05) is 32.5 Å². The van der Waals surface area contributed by atoms with Gasteiger partial charge >= 0.3 is 5.97 Å². The van der Waals surface area contributed by atoms with Gasteiger partial charge in [0.2, 0.25) is 11.6 Å². The topological polar surface area (TPSA) is 169 Å². The number of halogens is 2. The minimum atomic E-state index is -1.26. The van der Waals surface area contributed by atoms with Crippen LogP contribution in [0.2, 0.25) is 0 Å². The number of aliphatic imine (C=N–C) groups is 1. The van der Waals surface area contributed by atoms with Crippen molar-refractivity contribution in [3.8, 4) is 28.9 Å². The molecule has 0 amide bonds. The Bertz CT molecular complexity index is 1510. The first-order valence-electron chi connectivity index (χ1n) is 12.4. The van der Waals surface area contributed by atoms with Crippen molar-refractivity contribution < 1.29 is 32.9 Å². The van der Waals surface area contributed by atoms with Gasteiger partial charge in [-0.3, -0.25) is 15.2 Å². The number of phenols is 1. The highest BCUT2D eigenvalue weighted by atomic mass is 32.2. The summed E-state index contributed by atoms with van der Waals surface area (Å²) in [5, 5.41) is 17.7.